The Labute approximate surface area is 147 Å². The first-order valence-electron chi connectivity index (χ1n) is 7.61. The average Bonchev–Trinajstić information content (AvgIpc) is 3.11. The number of rotatable bonds is 6. The van der Waals surface area contributed by atoms with Gasteiger partial charge in [-0.25, -0.2) is 4.98 Å². The molecule has 1 atom stereocenters. The predicted octanol–water partition coefficient (Wildman–Crippen LogP) is 3.02. The number of hydrogen-bond donors (Lipinski definition) is 2. The molecule has 2 heterocycles. The van der Waals surface area contributed by atoms with E-state index in [0.717, 1.165) is 40.1 Å². The van der Waals surface area contributed by atoms with Gasteiger partial charge in [0.2, 0.25) is 11.0 Å². The van der Waals surface area contributed by atoms with Gasteiger partial charge in [0.05, 0.1) is 23.3 Å². The molecule has 23 heavy (non-hydrogen) atoms. The molecule has 2 N–H and O–H groups in total. The zero-order valence-corrected chi connectivity index (χ0v) is 15.5. The van der Waals surface area contributed by atoms with E-state index < -0.39 is 0 Å². The Bertz CT molecular complexity index is 684. The molecule has 124 valence electrons. The Morgan fingerprint density at radius 2 is 2.26 bits per heavy atom. The average molecular weight is 370 g/mol. The van der Waals surface area contributed by atoms with Crippen LogP contribution < -0.4 is 10.6 Å². The summed E-state index contributed by atoms with van der Waals surface area (Å²) in [5.41, 5.74) is 1.13. The van der Waals surface area contributed by atoms with Crippen molar-refractivity contribution in [3.8, 4) is 0 Å². The van der Waals surface area contributed by atoms with Crippen LogP contribution in [-0.4, -0.2) is 33.4 Å². The van der Waals surface area contributed by atoms with E-state index in [4.69, 9.17) is 0 Å². The number of fused-ring (bicyclic) bond motifs is 1. The normalized spacial score (nSPS) is 17.0. The lowest BCUT2D eigenvalue weighted by Gasteiger charge is -2.22. The SMILES string of the molecule is CCSc1nnc(NC(=O)CNC2CCCc3sc(C)nc32)s1. The maximum absolute atomic E-state index is 12.1. The second kappa shape index (κ2) is 7.69. The topological polar surface area (TPSA) is 79.8 Å². The standard InChI is InChI=1S/C14H19N5OS3/c1-3-21-14-19-18-13(23-14)17-11(20)7-15-9-5-4-6-10-12(9)16-8(2)22-10/h9,15H,3-7H2,1-2H3,(H,17,18,20). The van der Waals surface area contributed by atoms with Gasteiger partial charge in [-0.1, -0.05) is 30.0 Å². The first kappa shape index (κ1) is 16.8. The summed E-state index contributed by atoms with van der Waals surface area (Å²) in [5.74, 6) is 0.856. The maximum Gasteiger partial charge on any atom is 0.240 e. The van der Waals surface area contributed by atoms with Crippen molar-refractivity contribution < 1.29 is 4.79 Å². The van der Waals surface area contributed by atoms with Crippen molar-refractivity contribution in [1.82, 2.24) is 20.5 Å². The lowest BCUT2D eigenvalue weighted by molar-refractivity contribution is -0.115. The smallest absolute Gasteiger partial charge is 0.240 e. The van der Waals surface area contributed by atoms with Crippen molar-refractivity contribution in [1.29, 1.82) is 0 Å². The molecule has 1 aliphatic rings. The van der Waals surface area contributed by atoms with Crippen LogP contribution in [0.25, 0.3) is 0 Å². The summed E-state index contributed by atoms with van der Waals surface area (Å²) >= 11 is 4.80. The number of aryl methyl sites for hydroxylation is 2. The van der Waals surface area contributed by atoms with Crippen LogP contribution in [0.4, 0.5) is 5.13 Å². The van der Waals surface area contributed by atoms with Gasteiger partial charge < -0.3 is 5.32 Å². The third-order valence-electron chi connectivity index (χ3n) is 3.49. The van der Waals surface area contributed by atoms with Gasteiger partial charge in [-0.3, -0.25) is 10.1 Å². The Hall–Kier alpha value is -1.03. The highest BCUT2D eigenvalue weighted by molar-refractivity contribution is 8.01. The number of nitrogens with zero attached hydrogens (tertiary/aromatic N) is 3. The van der Waals surface area contributed by atoms with E-state index in [1.54, 1.807) is 23.1 Å². The van der Waals surface area contributed by atoms with E-state index in [-0.39, 0.29) is 18.5 Å². The van der Waals surface area contributed by atoms with Crippen LogP contribution in [0.3, 0.4) is 0 Å². The number of anilines is 1. The van der Waals surface area contributed by atoms with Crippen molar-refractivity contribution in [2.45, 2.75) is 43.5 Å². The zero-order chi connectivity index (χ0) is 16.2. The monoisotopic (exact) mass is 369 g/mol. The summed E-state index contributed by atoms with van der Waals surface area (Å²) in [7, 11) is 0. The Balaban J connectivity index is 1.53. The minimum Gasteiger partial charge on any atom is -0.300 e. The fourth-order valence-electron chi connectivity index (χ4n) is 2.56. The molecule has 0 aliphatic heterocycles. The number of aromatic nitrogens is 3. The summed E-state index contributed by atoms with van der Waals surface area (Å²) in [6.07, 6.45) is 3.27. The van der Waals surface area contributed by atoms with Crippen LogP contribution in [0, 0.1) is 6.92 Å². The minimum atomic E-state index is -0.0896. The molecule has 3 rings (SSSR count). The Morgan fingerprint density at radius 3 is 3.09 bits per heavy atom. The van der Waals surface area contributed by atoms with Gasteiger partial charge in [0.1, 0.15) is 0 Å². The van der Waals surface area contributed by atoms with Crippen molar-refractivity contribution in [2.75, 3.05) is 17.6 Å². The van der Waals surface area contributed by atoms with Crippen LogP contribution in [0.5, 0.6) is 0 Å². The van der Waals surface area contributed by atoms with Gasteiger partial charge in [0, 0.05) is 4.88 Å². The fourth-order valence-corrected chi connectivity index (χ4v) is 5.26. The van der Waals surface area contributed by atoms with Crippen molar-refractivity contribution in [3.05, 3.63) is 15.6 Å². The highest BCUT2D eigenvalue weighted by atomic mass is 32.2. The van der Waals surface area contributed by atoms with Crippen LogP contribution in [-0.2, 0) is 11.2 Å². The summed E-state index contributed by atoms with van der Waals surface area (Å²) in [5, 5.41) is 15.8. The molecule has 0 saturated heterocycles. The number of amides is 1. The van der Waals surface area contributed by atoms with E-state index in [2.05, 4.69) is 32.7 Å². The molecule has 2 aromatic rings. The number of nitrogens with one attached hydrogen (secondary N) is 2. The molecule has 0 aromatic carbocycles. The molecule has 9 heteroatoms. The van der Waals surface area contributed by atoms with Crippen molar-refractivity contribution in [2.24, 2.45) is 0 Å². The number of thiazole rings is 1. The first-order valence-corrected chi connectivity index (χ1v) is 10.2. The van der Waals surface area contributed by atoms with E-state index in [0.29, 0.717) is 5.13 Å². The fraction of sp³-hybridized carbons (Fsp3) is 0.571. The third kappa shape index (κ3) is 4.28. The van der Waals surface area contributed by atoms with E-state index >= 15 is 0 Å². The Kier molecular flexibility index (Phi) is 5.62. The molecular weight excluding hydrogens is 350 g/mol. The molecular formula is C14H19N5OS3. The van der Waals surface area contributed by atoms with Gasteiger partial charge in [0.25, 0.3) is 0 Å². The molecule has 0 bridgehead atoms. The molecule has 2 aromatic heterocycles. The highest BCUT2D eigenvalue weighted by Gasteiger charge is 2.24. The molecule has 1 amide bonds. The van der Waals surface area contributed by atoms with Gasteiger partial charge in [-0.2, -0.15) is 0 Å². The number of carbonyl (C=O) groups is 1. The lowest BCUT2D eigenvalue weighted by atomic mass is 9.97. The number of thioether (sulfide) groups is 1. The molecule has 0 fully saturated rings. The second-order valence-electron chi connectivity index (χ2n) is 5.22. The van der Waals surface area contributed by atoms with Crippen molar-refractivity contribution in [3.63, 3.8) is 0 Å². The van der Waals surface area contributed by atoms with Crippen LogP contribution in [0.15, 0.2) is 4.34 Å². The number of hydrogen-bond acceptors (Lipinski definition) is 8. The molecule has 0 radical (unpaired) electrons. The zero-order valence-electron chi connectivity index (χ0n) is 13.1. The largest absolute Gasteiger partial charge is 0.300 e. The summed E-state index contributed by atoms with van der Waals surface area (Å²) < 4.78 is 0.880. The van der Waals surface area contributed by atoms with Gasteiger partial charge in [0.15, 0.2) is 4.34 Å². The van der Waals surface area contributed by atoms with Gasteiger partial charge in [-0.05, 0) is 31.9 Å². The summed E-state index contributed by atoms with van der Waals surface area (Å²) in [6, 6.07) is 0.176. The maximum atomic E-state index is 12.1. The molecule has 1 aliphatic carbocycles. The third-order valence-corrected chi connectivity index (χ3v) is 6.39. The van der Waals surface area contributed by atoms with Gasteiger partial charge in [-0.15, -0.1) is 21.5 Å². The van der Waals surface area contributed by atoms with Crippen LogP contribution >= 0.6 is 34.4 Å². The summed E-state index contributed by atoms with van der Waals surface area (Å²) in [6.45, 7) is 4.36. The predicted molar refractivity (Wildman–Crippen MR) is 95.5 cm³/mol. The molecule has 6 nitrogen and oxygen atoms in total. The van der Waals surface area contributed by atoms with E-state index in [1.807, 2.05) is 6.92 Å². The van der Waals surface area contributed by atoms with Crippen LogP contribution in [0.2, 0.25) is 0 Å². The highest BCUT2D eigenvalue weighted by Crippen LogP contribution is 2.32. The van der Waals surface area contributed by atoms with Gasteiger partial charge >= 0.3 is 0 Å². The summed E-state index contributed by atoms with van der Waals surface area (Å²) in [4.78, 5) is 18.1. The van der Waals surface area contributed by atoms with Crippen LogP contribution in [0.1, 0.15) is 41.4 Å². The quantitative estimate of drug-likeness (QED) is 0.602. The van der Waals surface area contributed by atoms with E-state index in [1.165, 1.54) is 16.2 Å². The Morgan fingerprint density at radius 1 is 1.39 bits per heavy atom. The van der Waals surface area contributed by atoms with E-state index in [9.17, 15) is 4.79 Å². The second-order valence-corrected chi connectivity index (χ2v) is 9.00. The number of carbonyl (C=O) groups excluding carboxylic acids is 1. The van der Waals surface area contributed by atoms with Crippen molar-refractivity contribution >= 4 is 45.5 Å². The minimum absolute atomic E-state index is 0.0896. The molecule has 1 unspecified atom stereocenters. The lowest BCUT2D eigenvalue weighted by Crippen LogP contribution is -2.33. The molecule has 0 spiro atoms. The molecule has 0 saturated carbocycles. The first-order chi connectivity index (χ1) is 11.2.